The number of methoxy groups -OCH3 is 1. The van der Waals surface area contributed by atoms with Gasteiger partial charge in [-0.2, -0.15) is 0 Å². The zero-order valence-electron chi connectivity index (χ0n) is 12.4. The van der Waals surface area contributed by atoms with Gasteiger partial charge in [-0.15, -0.1) is 0 Å². The molecular weight excluding hydrogens is 314 g/mol. The standard InChI is InChI=1S/C17H20BrNO/c1-12-5-7-16(13(2)9-12)19(3)11-14-6-8-17(20-4)15(18)10-14/h5-10H,11H2,1-4H3. The third-order valence-corrected chi connectivity index (χ3v) is 4.02. The van der Waals surface area contributed by atoms with E-state index in [1.165, 1.54) is 22.4 Å². The minimum atomic E-state index is 0.864. The first kappa shape index (κ1) is 14.9. The van der Waals surface area contributed by atoms with Gasteiger partial charge in [-0.1, -0.05) is 23.8 Å². The third-order valence-electron chi connectivity index (χ3n) is 3.40. The van der Waals surface area contributed by atoms with Crippen molar-refractivity contribution in [1.82, 2.24) is 0 Å². The van der Waals surface area contributed by atoms with Crippen LogP contribution in [0.2, 0.25) is 0 Å². The molecule has 106 valence electrons. The van der Waals surface area contributed by atoms with Crippen molar-refractivity contribution < 1.29 is 4.74 Å². The van der Waals surface area contributed by atoms with Crippen molar-refractivity contribution in [3.05, 3.63) is 57.6 Å². The van der Waals surface area contributed by atoms with Crippen LogP contribution >= 0.6 is 15.9 Å². The van der Waals surface area contributed by atoms with Crippen molar-refractivity contribution in [3.63, 3.8) is 0 Å². The van der Waals surface area contributed by atoms with Crippen LogP contribution < -0.4 is 9.64 Å². The van der Waals surface area contributed by atoms with Crippen molar-refractivity contribution in [1.29, 1.82) is 0 Å². The van der Waals surface area contributed by atoms with E-state index in [-0.39, 0.29) is 0 Å². The highest BCUT2D eigenvalue weighted by Gasteiger charge is 2.07. The molecule has 0 spiro atoms. The average Bonchev–Trinajstić information content (AvgIpc) is 2.38. The Balaban J connectivity index is 2.18. The molecule has 0 bridgehead atoms. The molecule has 0 saturated heterocycles. The largest absolute Gasteiger partial charge is 0.496 e. The average molecular weight is 334 g/mol. The number of halogens is 1. The summed E-state index contributed by atoms with van der Waals surface area (Å²) in [5, 5.41) is 0. The van der Waals surface area contributed by atoms with Crippen LogP contribution in [0, 0.1) is 13.8 Å². The highest BCUT2D eigenvalue weighted by molar-refractivity contribution is 9.10. The van der Waals surface area contributed by atoms with Gasteiger partial charge in [-0.25, -0.2) is 0 Å². The van der Waals surface area contributed by atoms with E-state index in [1.54, 1.807) is 7.11 Å². The Hall–Kier alpha value is -1.48. The molecule has 2 nitrogen and oxygen atoms in total. The molecule has 0 saturated carbocycles. The number of rotatable bonds is 4. The maximum atomic E-state index is 5.26. The molecule has 2 aromatic carbocycles. The second kappa shape index (κ2) is 6.31. The molecular formula is C17H20BrNO. The fourth-order valence-corrected chi connectivity index (χ4v) is 2.99. The van der Waals surface area contributed by atoms with Crippen molar-refractivity contribution >= 4 is 21.6 Å². The van der Waals surface area contributed by atoms with Crippen LogP contribution in [0.25, 0.3) is 0 Å². The molecule has 0 radical (unpaired) electrons. The number of aryl methyl sites for hydroxylation is 2. The molecule has 0 amide bonds. The number of nitrogens with zero attached hydrogens (tertiary/aromatic N) is 1. The van der Waals surface area contributed by atoms with Crippen molar-refractivity contribution in [2.45, 2.75) is 20.4 Å². The Bertz CT molecular complexity index is 610. The zero-order chi connectivity index (χ0) is 14.7. The number of anilines is 1. The fraction of sp³-hybridized carbons (Fsp3) is 0.294. The molecule has 0 fully saturated rings. The van der Waals surface area contributed by atoms with Gasteiger partial charge in [0.2, 0.25) is 0 Å². The molecule has 0 heterocycles. The van der Waals surface area contributed by atoms with Gasteiger partial charge >= 0.3 is 0 Å². The summed E-state index contributed by atoms with van der Waals surface area (Å²) in [5.41, 5.74) is 5.12. The van der Waals surface area contributed by atoms with Gasteiger partial charge in [0.1, 0.15) is 5.75 Å². The van der Waals surface area contributed by atoms with Gasteiger partial charge in [0.25, 0.3) is 0 Å². The van der Waals surface area contributed by atoms with Crippen molar-refractivity contribution in [2.24, 2.45) is 0 Å². The summed E-state index contributed by atoms with van der Waals surface area (Å²) in [7, 11) is 3.80. The molecule has 0 aliphatic carbocycles. The molecule has 3 heteroatoms. The van der Waals surface area contributed by atoms with Crippen LogP contribution in [-0.4, -0.2) is 14.2 Å². The quantitative estimate of drug-likeness (QED) is 0.803. The highest BCUT2D eigenvalue weighted by atomic mass is 79.9. The molecule has 0 aliphatic rings. The fourth-order valence-electron chi connectivity index (χ4n) is 2.40. The first-order chi connectivity index (χ1) is 9.51. The van der Waals surface area contributed by atoms with E-state index in [1.807, 2.05) is 6.07 Å². The predicted octanol–water partition coefficient (Wildman–Crippen LogP) is 4.71. The molecule has 0 unspecified atom stereocenters. The maximum Gasteiger partial charge on any atom is 0.133 e. The summed E-state index contributed by atoms with van der Waals surface area (Å²) in [5.74, 6) is 0.864. The zero-order valence-corrected chi connectivity index (χ0v) is 14.0. The first-order valence-electron chi connectivity index (χ1n) is 6.62. The van der Waals surface area contributed by atoms with E-state index in [9.17, 15) is 0 Å². The molecule has 2 rings (SSSR count). The SMILES string of the molecule is COc1ccc(CN(C)c2ccc(C)cc2C)cc1Br. The lowest BCUT2D eigenvalue weighted by Gasteiger charge is -2.22. The van der Waals surface area contributed by atoms with Crippen LogP contribution in [0.3, 0.4) is 0 Å². The second-order valence-corrected chi connectivity index (χ2v) is 5.97. The minimum Gasteiger partial charge on any atom is -0.496 e. The Morgan fingerprint density at radius 1 is 1.10 bits per heavy atom. The van der Waals surface area contributed by atoms with Gasteiger partial charge in [-0.3, -0.25) is 0 Å². The summed E-state index contributed by atoms with van der Waals surface area (Å²) >= 11 is 3.53. The van der Waals surface area contributed by atoms with Gasteiger partial charge in [0.05, 0.1) is 11.6 Å². The van der Waals surface area contributed by atoms with E-state index < -0.39 is 0 Å². The minimum absolute atomic E-state index is 0.864. The number of hydrogen-bond donors (Lipinski definition) is 0. The molecule has 20 heavy (non-hydrogen) atoms. The normalized spacial score (nSPS) is 10.4. The van der Waals surface area contributed by atoms with Crippen molar-refractivity contribution in [3.8, 4) is 5.75 Å². The first-order valence-corrected chi connectivity index (χ1v) is 7.41. The summed E-state index contributed by atoms with van der Waals surface area (Å²) < 4.78 is 6.25. The van der Waals surface area contributed by atoms with Crippen LogP contribution in [0.4, 0.5) is 5.69 Å². The number of ether oxygens (including phenoxy) is 1. The Labute approximate surface area is 129 Å². The second-order valence-electron chi connectivity index (χ2n) is 5.11. The number of hydrogen-bond acceptors (Lipinski definition) is 2. The number of benzene rings is 2. The lowest BCUT2D eigenvalue weighted by atomic mass is 10.1. The van der Waals surface area contributed by atoms with Gasteiger partial charge in [0, 0.05) is 19.3 Å². The highest BCUT2D eigenvalue weighted by Crippen LogP contribution is 2.27. The van der Waals surface area contributed by atoms with Crippen LogP contribution in [0.5, 0.6) is 5.75 Å². The lowest BCUT2D eigenvalue weighted by Crippen LogP contribution is -2.17. The predicted molar refractivity (Wildman–Crippen MR) is 88.7 cm³/mol. The van der Waals surface area contributed by atoms with Gasteiger partial charge in [-0.05, 0) is 59.1 Å². The van der Waals surface area contributed by atoms with E-state index in [4.69, 9.17) is 4.74 Å². The molecule has 0 N–H and O–H groups in total. The molecule has 0 aliphatic heterocycles. The van der Waals surface area contributed by atoms with Gasteiger partial charge in [0.15, 0.2) is 0 Å². The third kappa shape index (κ3) is 3.34. The van der Waals surface area contributed by atoms with E-state index in [0.29, 0.717) is 0 Å². The smallest absolute Gasteiger partial charge is 0.133 e. The summed E-state index contributed by atoms with van der Waals surface area (Å²) in [6.07, 6.45) is 0. The molecule has 0 aromatic heterocycles. The maximum absolute atomic E-state index is 5.26. The molecule has 0 atom stereocenters. The summed E-state index contributed by atoms with van der Waals surface area (Å²) in [6, 6.07) is 12.8. The van der Waals surface area contributed by atoms with Crippen LogP contribution in [0.1, 0.15) is 16.7 Å². The monoisotopic (exact) mass is 333 g/mol. The van der Waals surface area contributed by atoms with E-state index >= 15 is 0 Å². The topological polar surface area (TPSA) is 12.5 Å². The van der Waals surface area contributed by atoms with Crippen LogP contribution in [-0.2, 0) is 6.54 Å². The van der Waals surface area contributed by atoms with E-state index in [0.717, 1.165) is 16.8 Å². The Morgan fingerprint density at radius 2 is 1.85 bits per heavy atom. The van der Waals surface area contributed by atoms with Crippen LogP contribution in [0.15, 0.2) is 40.9 Å². The molecule has 2 aromatic rings. The van der Waals surface area contributed by atoms with E-state index in [2.05, 4.69) is 72.1 Å². The summed E-state index contributed by atoms with van der Waals surface area (Å²) in [4.78, 5) is 2.27. The summed E-state index contributed by atoms with van der Waals surface area (Å²) in [6.45, 7) is 5.15. The van der Waals surface area contributed by atoms with Crippen molar-refractivity contribution in [2.75, 3.05) is 19.1 Å². The lowest BCUT2D eigenvalue weighted by molar-refractivity contribution is 0.412. The Morgan fingerprint density at radius 3 is 2.45 bits per heavy atom. The Kier molecular flexibility index (Phi) is 4.71. The van der Waals surface area contributed by atoms with Gasteiger partial charge < -0.3 is 9.64 Å².